The molecule has 2 nitrogen and oxygen atoms in total. The van der Waals surface area contributed by atoms with E-state index in [1.807, 2.05) is 0 Å². The Morgan fingerprint density at radius 2 is 1.42 bits per heavy atom. The summed E-state index contributed by atoms with van der Waals surface area (Å²) in [5.74, 6) is -0.929. The van der Waals surface area contributed by atoms with Crippen LogP contribution in [0, 0.1) is 0 Å². The second kappa shape index (κ2) is 5.97. The van der Waals surface area contributed by atoms with E-state index in [9.17, 15) is 4.79 Å². The van der Waals surface area contributed by atoms with Crippen LogP contribution in [0.15, 0.2) is 60.7 Å². The SMILES string of the molecule is O=C(OCBr)C(F)(c1ccccc1)c1ccccc1. The average molecular weight is 323 g/mol. The molecule has 0 bridgehead atoms. The van der Waals surface area contributed by atoms with Gasteiger partial charge in [-0.1, -0.05) is 60.7 Å². The van der Waals surface area contributed by atoms with Crippen molar-refractivity contribution in [3.63, 3.8) is 0 Å². The zero-order valence-corrected chi connectivity index (χ0v) is 11.6. The Morgan fingerprint density at radius 1 is 1.00 bits per heavy atom. The third-order valence-electron chi connectivity index (χ3n) is 2.81. The fourth-order valence-corrected chi connectivity index (χ4v) is 2.09. The van der Waals surface area contributed by atoms with E-state index in [2.05, 4.69) is 15.9 Å². The first kappa shape index (κ1) is 13.7. The third-order valence-corrected chi connectivity index (χ3v) is 3.04. The predicted molar refractivity (Wildman–Crippen MR) is 74.7 cm³/mol. The van der Waals surface area contributed by atoms with Gasteiger partial charge in [0.25, 0.3) is 5.67 Å². The smallest absolute Gasteiger partial charge is 0.354 e. The van der Waals surface area contributed by atoms with Gasteiger partial charge in [-0.05, 0) is 15.9 Å². The molecule has 2 rings (SSSR count). The highest BCUT2D eigenvalue weighted by atomic mass is 79.9. The second-order valence-corrected chi connectivity index (χ2v) is 4.39. The van der Waals surface area contributed by atoms with Gasteiger partial charge in [-0.15, -0.1) is 0 Å². The quantitative estimate of drug-likeness (QED) is 0.632. The Hall–Kier alpha value is -1.68. The van der Waals surface area contributed by atoms with Crippen molar-refractivity contribution in [3.05, 3.63) is 71.8 Å². The maximum absolute atomic E-state index is 15.3. The molecule has 0 atom stereocenters. The fraction of sp³-hybridized carbons (Fsp3) is 0.133. The van der Waals surface area contributed by atoms with Crippen LogP contribution in [0.2, 0.25) is 0 Å². The van der Waals surface area contributed by atoms with Gasteiger partial charge in [0.2, 0.25) is 0 Å². The largest absolute Gasteiger partial charge is 0.451 e. The molecule has 0 unspecified atom stereocenters. The van der Waals surface area contributed by atoms with Crippen molar-refractivity contribution in [3.8, 4) is 0 Å². The number of hydrogen-bond donors (Lipinski definition) is 0. The Labute approximate surface area is 119 Å². The van der Waals surface area contributed by atoms with Gasteiger partial charge in [-0.25, -0.2) is 9.18 Å². The molecule has 98 valence electrons. The summed E-state index contributed by atoms with van der Waals surface area (Å²) in [6.45, 7) is 0. The minimum Gasteiger partial charge on any atom is -0.451 e. The maximum Gasteiger partial charge on any atom is 0.354 e. The number of alkyl halides is 2. The number of benzene rings is 2. The normalized spacial score (nSPS) is 11.1. The topological polar surface area (TPSA) is 26.3 Å². The maximum atomic E-state index is 15.3. The number of ether oxygens (including phenoxy) is 1. The summed E-state index contributed by atoms with van der Waals surface area (Å²) < 4.78 is 20.2. The molecular weight excluding hydrogens is 311 g/mol. The first-order valence-corrected chi connectivity index (χ1v) is 6.85. The van der Waals surface area contributed by atoms with Crippen LogP contribution in [0.25, 0.3) is 0 Å². The van der Waals surface area contributed by atoms with E-state index in [0.29, 0.717) is 0 Å². The molecule has 0 saturated heterocycles. The molecule has 0 aliphatic rings. The minimum absolute atomic E-state index is 0.0445. The van der Waals surface area contributed by atoms with Crippen LogP contribution >= 0.6 is 15.9 Å². The molecule has 0 amide bonds. The third kappa shape index (κ3) is 2.68. The number of hydrogen-bond acceptors (Lipinski definition) is 2. The zero-order valence-electron chi connectivity index (χ0n) is 10.1. The molecule has 0 spiro atoms. The lowest BCUT2D eigenvalue weighted by Crippen LogP contribution is -2.34. The van der Waals surface area contributed by atoms with Crippen LogP contribution in [-0.4, -0.2) is 11.5 Å². The van der Waals surface area contributed by atoms with E-state index in [0.717, 1.165) is 0 Å². The first-order valence-electron chi connectivity index (χ1n) is 5.72. The first-order chi connectivity index (χ1) is 9.19. The predicted octanol–water partition coefficient (Wildman–Crippen LogP) is 3.80. The van der Waals surface area contributed by atoms with Crippen LogP contribution in [0.3, 0.4) is 0 Å². The summed E-state index contributed by atoms with van der Waals surface area (Å²) in [6, 6.07) is 16.6. The van der Waals surface area contributed by atoms with Crippen LogP contribution < -0.4 is 0 Å². The molecule has 2 aromatic rings. The molecular formula is C15H12BrFO2. The number of halogens is 2. The van der Waals surface area contributed by atoms with Crippen molar-refractivity contribution in [2.45, 2.75) is 5.67 Å². The Balaban J connectivity index is 2.54. The second-order valence-electron chi connectivity index (χ2n) is 3.93. The van der Waals surface area contributed by atoms with Gasteiger partial charge in [0.05, 0.1) is 0 Å². The molecule has 0 aromatic heterocycles. The van der Waals surface area contributed by atoms with E-state index < -0.39 is 11.6 Å². The highest BCUT2D eigenvalue weighted by molar-refractivity contribution is 9.09. The lowest BCUT2D eigenvalue weighted by Gasteiger charge is -2.23. The summed E-state index contributed by atoms with van der Waals surface area (Å²) in [4.78, 5) is 12.0. The lowest BCUT2D eigenvalue weighted by molar-refractivity contribution is -0.153. The number of carbonyl (C=O) groups is 1. The van der Waals surface area contributed by atoms with Crippen molar-refractivity contribution in [2.75, 3.05) is 5.52 Å². The van der Waals surface area contributed by atoms with Gasteiger partial charge in [-0.3, -0.25) is 0 Å². The van der Waals surface area contributed by atoms with Crippen LogP contribution in [0.1, 0.15) is 11.1 Å². The van der Waals surface area contributed by atoms with Crippen molar-refractivity contribution < 1.29 is 13.9 Å². The molecule has 0 aliphatic carbocycles. The number of carbonyl (C=O) groups excluding carboxylic acids is 1. The number of rotatable bonds is 4. The number of esters is 1. The molecule has 4 heteroatoms. The molecule has 0 N–H and O–H groups in total. The molecule has 19 heavy (non-hydrogen) atoms. The summed E-state index contributed by atoms with van der Waals surface area (Å²) in [6.07, 6.45) is 0. The van der Waals surface area contributed by atoms with Gasteiger partial charge >= 0.3 is 5.97 Å². The molecule has 0 fully saturated rings. The Kier molecular flexibility index (Phi) is 4.32. The van der Waals surface area contributed by atoms with Crippen LogP contribution in [0.4, 0.5) is 4.39 Å². The van der Waals surface area contributed by atoms with E-state index in [-0.39, 0.29) is 16.6 Å². The molecule has 0 aliphatic heterocycles. The fourth-order valence-electron chi connectivity index (χ4n) is 1.89. The molecule has 2 aromatic carbocycles. The molecule has 0 radical (unpaired) electrons. The van der Waals surface area contributed by atoms with E-state index in [1.54, 1.807) is 60.7 Å². The average Bonchev–Trinajstić information content (AvgIpc) is 2.48. The van der Waals surface area contributed by atoms with Crippen molar-refractivity contribution in [1.29, 1.82) is 0 Å². The Morgan fingerprint density at radius 3 is 1.79 bits per heavy atom. The standard InChI is InChI=1S/C15H12BrFO2/c16-11-19-14(18)15(17,12-7-3-1-4-8-12)13-9-5-2-6-10-13/h1-10H,11H2. The highest BCUT2D eigenvalue weighted by Crippen LogP contribution is 2.35. The van der Waals surface area contributed by atoms with E-state index in [1.165, 1.54) is 0 Å². The zero-order chi connectivity index (χ0) is 13.7. The van der Waals surface area contributed by atoms with Crippen LogP contribution in [-0.2, 0) is 15.2 Å². The summed E-state index contributed by atoms with van der Waals surface area (Å²) in [5, 5.41) is 0. The van der Waals surface area contributed by atoms with Crippen molar-refractivity contribution in [2.24, 2.45) is 0 Å². The summed E-state index contributed by atoms with van der Waals surface area (Å²) in [5.41, 5.74) is -1.83. The summed E-state index contributed by atoms with van der Waals surface area (Å²) >= 11 is 2.98. The highest BCUT2D eigenvalue weighted by Gasteiger charge is 2.44. The van der Waals surface area contributed by atoms with Gasteiger partial charge in [0.1, 0.15) is 5.52 Å². The van der Waals surface area contributed by atoms with E-state index in [4.69, 9.17) is 4.74 Å². The van der Waals surface area contributed by atoms with Crippen molar-refractivity contribution >= 4 is 21.9 Å². The van der Waals surface area contributed by atoms with Crippen LogP contribution in [0.5, 0.6) is 0 Å². The minimum atomic E-state index is -2.30. The van der Waals surface area contributed by atoms with Gasteiger partial charge in [0.15, 0.2) is 0 Å². The van der Waals surface area contributed by atoms with Gasteiger partial charge in [0, 0.05) is 11.1 Å². The molecule has 0 saturated carbocycles. The van der Waals surface area contributed by atoms with Gasteiger partial charge < -0.3 is 4.74 Å². The molecule has 0 heterocycles. The van der Waals surface area contributed by atoms with Gasteiger partial charge in [-0.2, -0.15) is 0 Å². The Bertz CT molecular complexity index is 503. The van der Waals surface area contributed by atoms with E-state index >= 15 is 4.39 Å². The van der Waals surface area contributed by atoms with Crippen molar-refractivity contribution in [1.82, 2.24) is 0 Å². The lowest BCUT2D eigenvalue weighted by atomic mass is 9.88. The summed E-state index contributed by atoms with van der Waals surface area (Å²) in [7, 11) is 0. The monoisotopic (exact) mass is 322 g/mol.